The van der Waals surface area contributed by atoms with E-state index in [9.17, 15) is 0 Å². The van der Waals surface area contributed by atoms with Crippen molar-refractivity contribution >= 4 is 15.9 Å². The maximum absolute atomic E-state index is 3.64. The van der Waals surface area contributed by atoms with Crippen LogP contribution in [0.1, 0.15) is 42.3 Å². The van der Waals surface area contributed by atoms with Gasteiger partial charge in [0.05, 0.1) is 0 Å². The third-order valence-corrected chi connectivity index (χ3v) is 2.92. The summed E-state index contributed by atoms with van der Waals surface area (Å²) in [6, 6.07) is 6.81. The van der Waals surface area contributed by atoms with Crippen LogP contribution in [0.15, 0.2) is 18.2 Å². The van der Waals surface area contributed by atoms with Gasteiger partial charge in [0.2, 0.25) is 0 Å². The summed E-state index contributed by atoms with van der Waals surface area (Å²) in [6.07, 6.45) is 2.24. The summed E-state index contributed by atoms with van der Waals surface area (Å²) in [5.41, 5.74) is 4.34. The quantitative estimate of drug-likeness (QED) is 0.693. The molecule has 0 amide bonds. The van der Waals surface area contributed by atoms with E-state index in [-0.39, 0.29) is 0 Å². The van der Waals surface area contributed by atoms with E-state index in [0.29, 0.717) is 4.83 Å². The first-order valence-electron chi connectivity index (χ1n) is 4.94. The fourth-order valence-electron chi connectivity index (χ4n) is 1.56. The number of rotatable bonds is 3. The van der Waals surface area contributed by atoms with Gasteiger partial charge in [-0.15, -0.1) is 0 Å². The molecule has 1 aromatic rings. The number of alkyl halides is 1. The van der Waals surface area contributed by atoms with E-state index in [1.165, 1.54) is 16.7 Å². The second-order valence-corrected chi connectivity index (χ2v) is 4.73. The summed E-state index contributed by atoms with van der Waals surface area (Å²) < 4.78 is 0. The predicted octanol–water partition coefficient (Wildman–Crippen LogP) is 4.27. The lowest BCUT2D eigenvalue weighted by Crippen LogP contribution is -1.94. The molecule has 0 saturated carbocycles. The zero-order valence-electron chi connectivity index (χ0n) is 8.60. The average Bonchev–Trinajstić information content (AvgIpc) is 2.16. The Morgan fingerprint density at radius 1 is 1.23 bits per heavy atom. The van der Waals surface area contributed by atoms with Gasteiger partial charge in [-0.3, -0.25) is 0 Å². The van der Waals surface area contributed by atoms with E-state index < -0.39 is 0 Å². The molecule has 0 saturated heterocycles. The molecule has 0 bridgehead atoms. The van der Waals surface area contributed by atoms with Crippen LogP contribution in [0.25, 0.3) is 0 Å². The molecule has 0 aliphatic heterocycles. The van der Waals surface area contributed by atoms with Crippen LogP contribution in [0, 0.1) is 0 Å². The van der Waals surface area contributed by atoms with Crippen molar-refractivity contribution in [1.29, 1.82) is 0 Å². The molecule has 1 aromatic carbocycles. The number of hydrogen-bond acceptors (Lipinski definition) is 0. The van der Waals surface area contributed by atoms with Crippen LogP contribution in [-0.4, -0.2) is 0 Å². The number of aryl methyl sites for hydroxylation is 2. The van der Waals surface area contributed by atoms with Crippen molar-refractivity contribution in [2.45, 2.75) is 38.4 Å². The summed E-state index contributed by atoms with van der Waals surface area (Å²) in [5.74, 6) is 0. The van der Waals surface area contributed by atoms with Gasteiger partial charge in [0, 0.05) is 4.83 Å². The Kier molecular flexibility index (Phi) is 3.98. The van der Waals surface area contributed by atoms with E-state index in [1.807, 2.05) is 0 Å². The van der Waals surface area contributed by atoms with Crippen molar-refractivity contribution in [1.82, 2.24) is 0 Å². The zero-order chi connectivity index (χ0) is 9.84. The van der Waals surface area contributed by atoms with E-state index in [0.717, 1.165) is 12.8 Å². The van der Waals surface area contributed by atoms with Crippen LogP contribution < -0.4 is 0 Å². The fraction of sp³-hybridized carbons (Fsp3) is 0.500. The number of benzene rings is 1. The van der Waals surface area contributed by atoms with Crippen LogP contribution in [0.3, 0.4) is 0 Å². The Bertz CT molecular complexity index is 276. The summed E-state index contributed by atoms with van der Waals surface area (Å²) in [4.78, 5) is 0.467. The number of halogens is 1. The molecular weight excluding hydrogens is 224 g/mol. The molecule has 0 fully saturated rings. The van der Waals surface area contributed by atoms with Crippen molar-refractivity contribution < 1.29 is 0 Å². The maximum atomic E-state index is 3.64. The first-order chi connectivity index (χ1) is 6.19. The standard InChI is InChI=1S/C12H17Br/c1-4-10-6-7-11(5-2)12(8-10)9(3)13/h6-9H,4-5H2,1-3H3. The third kappa shape index (κ3) is 2.57. The van der Waals surface area contributed by atoms with Crippen molar-refractivity contribution in [2.75, 3.05) is 0 Å². The van der Waals surface area contributed by atoms with Gasteiger partial charge in [-0.2, -0.15) is 0 Å². The highest BCUT2D eigenvalue weighted by Gasteiger charge is 2.06. The van der Waals surface area contributed by atoms with Crippen molar-refractivity contribution in [2.24, 2.45) is 0 Å². The van der Waals surface area contributed by atoms with Crippen LogP contribution in [0.2, 0.25) is 0 Å². The third-order valence-electron chi connectivity index (χ3n) is 2.43. The Morgan fingerprint density at radius 2 is 1.92 bits per heavy atom. The molecule has 0 heterocycles. The summed E-state index contributed by atoms with van der Waals surface area (Å²) in [5, 5.41) is 0. The topological polar surface area (TPSA) is 0 Å². The molecule has 0 aliphatic carbocycles. The molecule has 0 aliphatic rings. The zero-order valence-corrected chi connectivity index (χ0v) is 10.2. The molecule has 1 atom stereocenters. The number of hydrogen-bond donors (Lipinski definition) is 0. The van der Waals surface area contributed by atoms with Gasteiger partial charge in [0.1, 0.15) is 0 Å². The van der Waals surface area contributed by atoms with Crippen molar-refractivity contribution in [3.63, 3.8) is 0 Å². The van der Waals surface area contributed by atoms with Gasteiger partial charge in [-0.05, 0) is 36.5 Å². The minimum Gasteiger partial charge on any atom is -0.0842 e. The van der Waals surface area contributed by atoms with E-state index in [2.05, 4.69) is 54.9 Å². The molecule has 0 aromatic heterocycles. The van der Waals surface area contributed by atoms with E-state index in [1.54, 1.807) is 0 Å². The van der Waals surface area contributed by atoms with E-state index in [4.69, 9.17) is 0 Å². The molecule has 13 heavy (non-hydrogen) atoms. The highest BCUT2D eigenvalue weighted by molar-refractivity contribution is 9.09. The monoisotopic (exact) mass is 240 g/mol. The van der Waals surface area contributed by atoms with Gasteiger partial charge in [0.25, 0.3) is 0 Å². The van der Waals surface area contributed by atoms with Crippen LogP contribution in [0.5, 0.6) is 0 Å². The molecule has 0 spiro atoms. The van der Waals surface area contributed by atoms with E-state index >= 15 is 0 Å². The second kappa shape index (κ2) is 4.80. The lowest BCUT2D eigenvalue weighted by molar-refractivity contribution is 1.01. The first-order valence-corrected chi connectivity index (χ1v) is 5.86. The maximum Gasteiger partial charge on any atom is 0.0369 e. The van der Waals surface area contributed by atoms with Gasteiger partial charge in [0.15, 0.2) is 0 Å². The lowest BCUT2D eigenvalue weighted by atomic mass is 9.99. The van der Waals surface area contributed by atoms with Gasteiger partial charge < -0.3 is 0 Å². The summed E-state index contributed by atoms with van der Waals surface area (Å²) in [7, 11) is 0. The molecule has 1 heteroatoms. The van der Waals surface area contributed by atoms with Gasteiger partial charge in [-0.1, -0.05) is 48.0 Å². The molecular formula is C12H17Br. The van der Waals surface area contributed by atoms with Gasteiger partial charge >= 0.3 is 0 Å². The fourth-order valence-corrected chi connectivity index (χ4v) is 1.98. The van der Waals surface area contributed by atoms with Gasteiger partial charge in [-0.25, -0.2) is 0 Å². The highest BCUT2D eigenvalue weighted by atomic mass is 79.9. The average molecular weight is 241 g/mol. The largest absolute Gasteiger partial charge is 0.0842 e. The van der Waals surface area contributed by atoms with Crippen LogP contribution in [0.4, 0.5) is 0 Å². The van der Waals surface area contributed by atoms with Crippen molar-refractivity contribution in [3.05, 3.63) is 34.9 Å². The molecule has 0 N–H and O–H groups in total. The molecule has 1 unspecified atom stereocenters. The second-order valence-electron chi connectivity index (χ2n) is 3.36. The normalized spacial score (nSPS) is 12.9. The Labute approximate surface area is 89.5 Å². The van der Waals surface area contributed by atoms with Crippen molar-refractivity contribution in [3.8, 4) is 0 Å². The Balaban J connectivity index is 3.10. The summed E-state index contributed by atoms with van der Waals surface area (Å²) in [6.45, 7) is 6.59. The van der Waals surface area contributed by atoms with Crippen LogP contribution in [-0.2, 0) is 12.8 Å². The molecule has 0 nitrogen and oxygen atoms in total. The minimum absolute atomic E-state index is 0.467. The highest BCUT2D eigenvalue weighted by Crippen LogP contribution is 2.26. The minimum atomic E-state index is 0.467. The summed E-state index contributed by atoms with van der Waals surface area (Å²) >= 11 is 3.64. The van der Waals surface area contributed by atoms with Crippen LogP contribution >= 0.6 is 15.9 Å². The molecule has 0 radical (unpaired) electrons. The molecule has 1 rings (SSSR count). The first kappa shape index (κ1) is 10.8. The Morgan fingerprint density at radius 3 is 2.38 bits per heavy atom. The SMILES string of the molecule is CCc1ccc(CC)c(C(C)Br)c1. The Hall–Kier alpha value is -0.300. The lowest BCUT2D eigenvalue weighted by Gasteiger charge is -2.11. The predicted molar refractivity (Wildman–Crippen MR) is 62.5 cm³/mol. The smallest absolute Gasteiger partial charge is 0.0369 e. The molecule has 72 valence electrons.